The molecule has 3 N–H and O–H groups in total. The number of sulfonamides is 1. The molecule has 2 aliphatic heterocycles. The molecular weight excluding hydrogens is 725 g/mol. The number of aromatic nitrogens is 3. The minimum atomic E-state index is -4.04. The second-order valence-electron chi connectivity index (χ2n) is 14.8. The lowest BCUT2D eigenvalue weighted by molar-refractivity contribution is -0.141. The summed E-state index contributed by atoms with van der Waals surface area (Å²) in [6.45, 7) is 3.01. The van der Waals surface area contributed by atoms with Crippen LogP contribution in [0.1, 0.15) is 80.8 Å². The SMILES string of the molecule is Cc1nc2cccc(F)c2nc1O[C@@H]1C[C@H]2C(=O)N[C@]3(C(=O)NS(=O)(=O)C4(C)CC4)CC3/C=C\CCCCC[C@H](NC(=O)c3ccncc3F)C(=O)N2C1. The number of nitrogens with zero attached hydrogens (tertiary/aromatic N) is 4. The van der Waals surface area contributed by atoms with E-state index in [2.05, 4.69) is 30.3 Å². The number of nitrogens with one attached hydrogen (secondary N) is 3. The highest BCUT2D eigenvalue weighted by molar-refractivity contribution is 7.91. The molecular formula is C37H41F2N7O7S. The molecule has 4 aliphatic rings. The number of hydrogen-bond donors (Lipinski definition) is 3. The summed E-state index contributed by atoms with van der Waals surface area (Å²) in [7, 11) is -4.04. The molecule has 0 radical (unpaired) electrons. The normalized spacial score (nSPS) is 27.4. The minimum absolute atomic E-state index is 0.00627. The molecule has 1 unspecified atom stereocenters. The zero-order valence-electron chi connectivity index (χ0n) is 29.8. The number of hydrogen-bond acceptors (Lipinski definition) is 10. The van der Waals surface area contributed by atoms with Crippen LogP contribution in [0.15, 0.2) is 48.8 Å². The number of allylic oxidation sites excluding steroid dienone is 1. The van der Waals surface area contributed by atoms with Gasteiger partial charge in [-0.05, 0) is 70.6 Å². The third-order valence-electron chi connectivity index (χ3n) is 10.9. The Morgan fingerprint density at radius 2 is 1.87 bits per heavy atom. The van der Waals surface area contributed by atoms with Crippen LogP contribution in [0, 0.1) is 24.5 Å². The third-order valence-corrected chi connectivity index (χ3v) is 13.0. The van der Waals surface area contributed by atoms with Gasteiger partial charge in [0.15, 0.2) is 11.6 Å². The highest BCUT2D eigenvalue weighted by atomic mass is 32.2. The van der Waals surface area contributed by atoms with E-state index in [-0.39, 0.29) is 42.8 Å². The Hall–Kier alpha value is -5.06. The summed E-state index contributed by atoms with van der Waals surface area (Å²) >= 11 is 0. The monoisotopic (exact) mass is 765 g/mol. The average molecular weight is 766 g/mol. The quantitative estimate of drug-likeness (QED) is 0.302. The van der Waals surface area contributed by atoms with Crippen molar-refractivity contribution >= 4 is 44.7 Å². The van der Waals surface area contributed by atoms with Crippen molar-refractivity contribution in [1.82, 2.24) is 35.2 Å². The van der Waals surface area contributed by atoms with Crippen molar-refractivity contribution in [2.24, 2.45) is 5.92 Å². The lowest BCUT2D eigenvalue weighted by Crippen LogP contribution is -2.58. The van der Waals surface area contributed by atoms with Gasteiger partial charge in [-0.2, -0.15) is 0 Å². The van der Waals surface area contributed by atoms with E-state index in [0.29, 0.717) is 49.7 Å². The molecule has 2 saturated carbocycles. The molecule has 1 aromatic carbocycles. The Morgan fingerprint density at radius 3 is 2.63 bits per heavy atom. The molecule has 54 heavy (non-hydrogen) atoms. The highest BCUT2D eigenvalue weighted by Gasteiger charge is 2.63. The number of carbonyl (C=O) groups is 4. The molecule has 2 aliphatic carbocycles. The fourth-order valence-electron chi connectivity index (χ4n) is 7.13. The van der Waals surface area contributed by atoms with Gasteiger partial charge in [0.1, 0.15) is 34.9 Å². The molecule has 14 nitrogen and oxygen atoms in total. The number of fused-ring (bicyclic) bond motifs is 3. The van der Waals surface area contributed by atoms with E-state index in [1.54, 1.807) is 26.0 Å². The summed E-state index contributed by atoms with van der Waals surface area (Å²) in [4.78, 5) is 69.6. The van der Waals surface area contributed by atoms with Gasteiger partial charge in [0, 0.05) is 18.5 Å². The number of halogens is 2. The van der Waals surface area contributed by atoms with Crippen LogP contribution in [-0.2, 0) is 24.4 Å². The van der Waals surface area contributed by atoms with Gasteiger partial charge in [0.25, 0.3) is 11.8 Å². The number of benzene rings is 1. The second kappa shape index (κ2) is 14.3. The van der Waals surface area contributed by atoms with Gasteiger partial charge in [0.05, 0.1) is 28.6 Å². The van der Waals surface area contributed by atoms with Gasteiger partial charge in [-0.15, -0.1) is 0 Å². The number of amides is 4. The van der Waals surface area contributed by atoms with Crippen molar-refractivity contribution in [3.05, 3.63) is 71.7 Å². The molecule has 286 valence electrons. The van der Waals surface area contributed by atoms with Gasteiger partial charge in [-0.3, -0.25) is 28.9 Å². The van der Waals surface area contributed by atoms with Crippen LogP contribution in [0.2, 0.25) is 0 Å². The van der Waals surface area contributed by atoms with Gasteiger partial charge >= 0.3 is 0 Å². The maximum atomic E-state index is 14.7. The Morgan fingerprint density at radius 1 is 1.07 bits per heavy atom. The van der Waals surface area contributed by atoms with Gasteiger partial charge in [0.2, 0.25) is 27.7 Å². The Kier molecular flexibility index (Phi) is 9.87. The minimum Gasteiger partial charge on any atom is -0.471 e. The molecule has 0 bridgehead atoms. The van der Waals surface area contributed by atoms with E-state index in [4.69, 9.17) is 4.74 Å². The molecule has 3 fully saturated rings. The largest absolute Gasteiger partial charge is 0.471 e. The Balaban J connectivity index is 1.21. The summed E-state index contributed by atoms with van der Waals surface area (Å²) in [5.74, 6) is -5.07. The maximum absolute atomic E-state index is 14.7. The predicted octanol–water partition coefficient (Wildman–Crippen LogP) is 3.15. The fourth-order valence-corrected chi connectivity index (χ4v) is 8.44. The maximum Gasteiger partial charge on any atom is 0.259 e. The smallest absolute Gasteiger partial charge is 0.259 e. The standard InChI is InChI=1S/C37H41F2N7O7S/c1-21-33(43-30-25(38)10-8-12-27(30)41-21)53-23-17-29-32(48)44-37(35(50)45-54(51,52)36(2)14-15-36)18-22(37)9-6-4-3-5-7-11-28(34(49)46(29)20-23)42-31(47)24-13-16-40-19-26(24)39/h6,8-10,12-13,16,19,22-23,28-29H,3-5,7,11,14-15,17-18,20H2,1-2H3,(H,42,47)(H,44,48)(H,45,50)/b9-6-/t22?,23-,28+,29+,37-/m1/s1. The van der Waals surface area contributed by atoms with Crippen molar-refractivity contribution in [2.45, 2.75) is 100 Å². The van der Waals surface area contributed by atoms with Gasteiger partial charge < -0.3 is 20.3 Å². The number of para-hydroxylation sites is 1. The van der Waals surface area contributed by atoms with Crippen LogP contribution in [-0.4, -0.2) is 86.9 Å². The predicted molar refractivity (Wildman–Crippen MR) is 190 cm³/mol. The first kappa shape index (κ1) is 37.3. The van der Waals surface area contributed by atoms with E-state index in [0.717, 1.165) is 6.20 Å². The molecule has 4 amide bonds. The van der Waals surface area contributed by atoms with Crippen LogP contribution < -0.4 is 20.1 Å². The van der Waals surface area contributed by atoms with E-state index in [1.165, 1.54) is 29.3 Å². The summed E-state index contributed by atoms with van der Waals surface area (Å²) in [5.41, 5.74) is -1.28. The van der Waals surface area contributed by atoms with E-state index >= 15 is 0 Å². The number of ether oxygens (including phenoxy) is 1. The lowest BCUT2D eigenvalue weighted by atomic mass is 10.0. The third kappa shape index (κ3) is 7.24. The van der Waals surface area contributed by atoms with Crippen LogP contribution in [0.3, 0.4) is 0 Å². The number of pyridine rings is 1. The number of aryl methyl sites for hydroxylation is 1. The first-order valence-corrected chi connectivity index (χ1v) is 19.6. The summed E-state index contributed by atoms with van der Waals surface area (Å²) in [6.07, 6.45) is 8.51. The summed E-state index contributed by atoms with van der Waals surface area (Å²) in [6, 6.07) is 3.12. The first-order valence-electron chi connectivity index (χ1n) is 18.1. The molecule has 0 spiro atoms. The Labute approximate surface area is 310 Å². The topological polar surface area (TPSA) is 190 Å². The average Bonchev–Trinajstić information content (AvgIpc) is 4.01. The molecule has 3 aromatic rings. The lowest BCUT2D eigenvalue weighted by Gasteiger charge is -2.30. The summed E-state index contributed by atoms with van der Waals surface area (Å²) < 4.78 is 62.8. The zero-order chi connectivity index (χ0) is 38.4. The number of carbonyl (C=O) groups excluding carboxylic acids is 4. The van der Waals surface area contributed by atoms with Crippen molar-refractivity contribution in [3.63, 3.8) is 0 Å². The van der Waals surface area contributed by atoms with Gasteiger partial charge in [-0.25, -0.2) is 27.2 Å². The summed E-state index contributed by atoms with van der Waals surface area (Å²) in [5, 5.41) is 5.46. The Bertz CT molecular complexity index is 2160. The second-order valence-corrected chi connectivity index (χ2v) is 17.0. The fraction of sp³-hybridized carbons (Fsp3) is 0.486. The molecule has 17 heteroatoms. The molecule has 1 saturated heterocycles. The van der Waals surface area contributed by atoms with Crippen molar-refractivity contribution < 1.29 is 41.1 Å². The van der Waals surface area contributed by atoms with Crippen LogP contribution in [0.4, 0.5) is 8.78 Å². The van der Waals surface area contributed by atoms with Crippen LogP contribution in [0.25, 0.3) is 11.0 Å². The van der Waals surface area contributed by atoms with Crippen molar-refractivity contribution in [3.8, 4) is 5.88 Å². The molecule has 5 atom stereocenters. The highest BCUT2D eigenvalue weighted by Crippen LogP contribution is 2.47. The van der Waals surface area contributed by atoms with E-state index in [1.807, 2.05) is 6.08 Å². The van der Waals surface area contributed by atoms with E-state index in [9.17, 15) is 36.4 Å². The molecule has 7 rings (SSSR count). The van der Waals surface area contributed by atoms with Crippen LogP contribution >= 0.6 is 0 Å². The first-order chi connectivity index (χ1) is 25.7. The van der Waals surface area contributed by atoms with E-state index < -0.39 is 79.7 Å². The molecule has 2 aromatic heterocycles. The van der Waals surface area contributed by atoms with Crippen LogP contribution in [0.5, 0.6) is 5.88 Å². The number of rotatable bonds is 7. The van der Waals surface area contributed by atoms with Gasteiger partial charge in [-0.1, -0.05) is 31.1 Å². The zero-order valence-corrected chi connectivity index (χ0v) is 30.6. The van der Waals surface area contributed by atoms with Crippen molar-refractivity contribution in [1.29, 1.82) is 0 Å². The van der Waals surface area contributed by atoms with Crippen molar-refractivity contribution in [2.75, 3.05) is 6.54 Å². The molecule has 4 heterocycles.